The first-order valence-corrected chi connectivity index (χ1v) is 5.87. The highest BCUT2D eigenvalue weighted by molar-refractivity contribution is 5.32. The Kier molecular flexibility index (Phi) is 3.78. The van der Waals surface area contributed by atoms with E-state index in [9.17, 15) is 4.39 Å². The fraction of sp³-hybridized carbons (Fsp3) is 0.538. The maximum absolute atomic E-state index is 12.9. The van der Waals surface area contributed by atoms with Crippen molar-refractivity contribution in [3.63, 3.8) is 0 Å². The Balaban J connectivity index is 1.80. The summed E-state index contributed by atoms with van der Waals surface area (Å²) in [7, 11) is 0. The highest BCUT2D eigenvalue weighted by Crippen LogP contribution is 2.18. The molecule has 0 bridgehead atoms. The topological polar surface area (TPSA) is 12.5 Å². The zero-order chi connectivity index (χ0) is 11.4. The van der Waals surface area contributed by atoms with Gasteiger partial charge in [0.25, 0.3) is 0 Å². The van der Waals surface area contributed by atoms with Crippen LogP contribution in [0.25, 0.3) is 0 Å². The van der Waals surface area contributed by atoms with E-state index in [1.165, 1.54) is 38.1 Å². The van der Waals surface area contributed by atoms with Crippen LogP contribution in [0.1, 0.15) is 18.4 Å². The van der Waals surface area contributed by atoms with Crippen molar-refractivity contribution in [1.82, 2.24) is 4.90 Å². The van der Waals surface area contributed by atoms with E-state index in [0.29, 0.717) is 6.61 Å². The van der Waals surface area contributed by atoms with Crippen LogP contribution in [0.2, 0.25) is 0 Å². The molecule has 2 rings (SSSR count). The summed E-state index contributed by atoms with van der Waals surface area (Å²) < 4.78 is 18.5. The van der Waals surface area contributed by atoms with E-state index in [1.807, 2.05) is 6.92 Å². The van der Waals surface area contributed by atoms with Gasteiger partial charge in [-0.2, -0.15) is 0 Å². The molecule has 0 unspecified atom stereocenters. The number of aryl methyl sites for hydroxylation is 1. The molecule has 0 aliphatic carbocycles. The number of rotatable bonds is 4. The first-order valence-electron chi connectivity index (χ1n) is 5.87. The minimum atomic E-state index is -0.204. The third kappa shape index (κ3) is 2.95. The van der Waals surface area contributed by atoms with Gasteiger partial charge in [0.1, 0.15) is 18.2 Å². The van der Waals surface area contributed by atoms with Crippen molar-refractivity contribution in [3.05, 3.63) is 29.6 Å². The lowest BCUT2D eigenvalue weighted by Gasteiger charge is -2.15. The molecule has 0 saturated carbocycles. The SMILES string of the molecule is Cc1cc(F)ccc1OCCN1CCCC1. The van der Waals surface area contributed by atoms with Gasteiger partial charge in [0.05, 0.1) is 0 Å². The minimum Gasteiger partial charge on any atom is -0.492 e. The molecule has 1 aliphatic rings. The van der Waals surface area contributed by atoms with Gasteiger partial charge in [-0.1, -0.05) is 0 Å². The van der Waals surface area contributed by atoms with Crippen LogP contribution in [0.5, 0.6) is 5.75 Å². The maximum Gasteiger partial charge on any atom is 0.123 e. The lowest BCUT2D eigenvalue weighted by atomic mass is 10.2. The van der Waals surface area contributed by atoms with Gasteiger partial charge in [-0.25, -0.2) is 4.39 Å². The van der Waals surface area contributed by atoms with Crippen LogP contribution < -0.4 is 4.74 Å². The molecule has 1 aromatic rings. The van der Waals surface area contributed by atoms with Crippen molar-refractivity contribution in [2.75, 3.05) is 26.2 Å². The quantitative estimate of drug-likeness (QED) is 0.778. The van der Waals surface area contributed by atoms with Crippen molar-refractivity contribution in [2.24, 2.45) is 0 Å². The lowest BCUT2D eigenvalue weighted by molar-refractivity contribution is 0.236. The highest BCUT2D eigenvalue weighted by Gasteiger charge is 2.11. The molecule has 0 amide bonds. The fourth-order valence-electron chi connectivity index (χ4n) is 2.07. The Morgan fingerprint density at radius 2 is 2.06 bits per heavy atom. The summed E-state index contributed by atoms with van der Waals surface area (Å²) in [5.74, 6) is 0.588. The molecule has 1 heterocycles. The number of halogens is 1. The van der Waals surface area contributed by atoms with Crippen LogP contribution in [-0.4, -0.2) is 31.1 Å². The first-order chi connectivity index (χ1) is 7.75. The van der Waals surface area contributed by atoms with Gasteiger partial charge >= 0.3 is 0 Å². The van der Waals surface area contributed by atoms with Gasteiger partial charge in [-0.3, -0.25) is 4.90 Å². The van der Waals surface area contributed by atoms with Crippen molar-refractivity contribution in [2.45, 2.75) is 19.8 Å². The molecule has 1 fully saturated rings. The summed E-state index contributed by atoms with van der Waals surface area (Å²) in [6, 6.07) is 4.65. The molecule has 0 aromatic heterocycles. The molecular weight excluding hydrogens is 205 g/mol. The number of benzene rings is 1. The highest BCUT2D eigenvalue weighted by atomic mass is 19.1. The van der Waals surface area contributed by atoms with Gasteiger partial charge in [0.2, 0.25) is 0 Å². The van der Waals surface area contributed by atoms with Gasteiger partial charge < -0.3 is 4.74 Å². The summed E-state index contributed by atoms with van der Waals surface area (Å²) >= 11 is 0. The normalized spacial score (nSPS) is 16.6. The second kappa shape index (κ2) is 5.30. The van der Waals surface area contributed by atoms with E-state index in [1.54, 1.807) is 6.07 Å². The summed E-state index contributed by atoms with van der Waals surface area (Å²) in [5.41, 5.74) is 0.862. The summed E-state index contributed by atoms with van der Waals surface area (Å²) in [4.78, 5) is 2.40. The van der Waals surface area contributed by atoms with Crippen LogP contribution in [0.15, 0.2) is 18.2 Å². The van der Waals surface area contributed by atoms with Crippen LogP contribution in [0.4, 0.5) is 4.39 Å². The van der Waals surface area contributed by atoms with E-state index in [0.717, 1.165) is 17.9 Å². The van der Waals surface area contributed by atoms with Crippen molar-refractivity contribution >= 4 is 0 Å². The molecule has 1 saturated heterocycles. The molecule has 1 aromatic carbocycles. The molecule has 3 heteroatoms. The van der Waals surface area contributed by atoms with Gasteiger partial charge in [0, 0.05) is 6.54 Å². The van der Waals surface area contributed by atoms with Crippen molar-refractivity contribution in [3.8, 4) is 5.75 Å². The van der Waals surface area contributed by atoms with Crippen LogP contribution in [0.3, 0.4) is 0 Å². The van der Waals surface area contributed by atoms with E-state index in [-0.39, 0.29) is 5.82 Å². The van der Waals surface area contributed by atoms with E-state index >= 15 is 0 Å². The Morgan fingerprint density at radius 1 is 1.31 bits per heavy atom. The van der Waals surface area contributed by atoms with Gasteiger partial charge in [-0.05, 0) is 56.6 Å². The molecule has 0 radical (unpaired) electrons. The summed E-state index contributed by atoms with van der Waals surface area (Å²) in [6.45, 7) is 5.90. The Hall–Kier alpha value is -1.09. The Labute approximate surface area is 96.0 Å². The lowest BCUT2D eigenvalue weighted by Crippen LogP contribution is -2.25. The van der Waals surface area contributed by atoms with E-state index in [2.05, 4.69) is 4.90 Å². The van der Waals surface area contributed by atoms with Crippen LogP contribution >= 0.6 is 0 Å². The zero-order valence-corrected chi connectivity index (χ0v) is 9.71. The minimum absolute atomic E-state index is 0.204. The van der Waals surface area contributed by atoms with Crippen molar-refractivity contribution in [1.29, 1.82) is 0 Å². The maximum atomic E-state index is 12.9. The number of ether oxygens (including phenoxy) is 1. The van der Waals surface area contributed by atoms with E-state index in [4.69, 9.17) is 4.74 Å². The number of nitrogens with zero attached hydrogens (tertiary/aromatic N) is 1. The summed E-state index contributed by atoms with van der Waals surface area (Å²) in [5, 5.41) is 0. The average Bonchev–Trinajstić information content (AvgIpc) is 2.74. The molecule has 0 N–H and O–H groups in total. The second-order valence-corrected chi connectivity index (χ2v) is 4.31. The zero-order valence-electron chi connectivity index (χ0n) is 9.71. The Morgan fingerprint density at radius 3 is 2.75 bits per heavy atom. The Bertz CT molecular complexity index is 348. The van der Waals surface area contributed by atoms with Gasteiger partial charge in [-0.15, -0.1) is 0 Å². The molecule has 88 valence electrons. The van der Waals surface area contributed by atoms with Gasteiger partial charge in [0.15, 0.2) is 0 Å². The predicted molar refractivity (Wildman–Crippen MR) is 62.3 cm³/mol. The summed E-state index contributed by atoms with van der Waals surface area (Å²) in [6.07, 6.45) is 2.60. The first kappa shape index (κ1) is 11.4. The van der Waals surface area contributed by atoms with Crippen LogP contribution in [0, 0.1) is 12.7 Å². The smallest absolute Gasteiger partial charge is 0.123 e. The molecule has 0 spiro atoms. The predicted octanol–water partition coefficient (Wildman–Crippen LogP) is 2.61. The third-order valence-corrected chi connectivity index (χ3v) is 3.00. The monoisotopic (exact) mass is 223 g/mol. The number of hydrogen-bond acceptors (Lipinski definition) is 2. The largest absolute Gasteiger partial charge is 0.492 e. The number of likely N-dealkylation sites (tertiary alicyclic amines) is 1. The van der Waals surface area contributed by atoms with Crippen molar-refractivity contribution < 1.29 is 9.13 Å². The second-order valence-electron chi connectivity index (χ2n) is 4.31. The molecule has 1 aliphatic heterocycles. The average molecular weight is 223 g/mol. The standard InChI is InChI=1S/C13H18FNO/c1-11-10-12(14)4-5-13(11)16-9-8-15-6-2-3-7-15/h4-5,10H,2-3,6-9H2,1H3. The molecule has 2 nitrogen and oxygen atoms in total. The molecule has 16 heavy (non-hydrogen) atoms. The third-order valence-electron chi connectivity index (χ3n) is 3.00. The molecule has 0 atom stereocenters. The fourth-order valence-corrected chi connectivity index (χ4v) is 2.07. The number of hydrogen-bond donors (Lipinski definition) is 0. The van der Waals surface area contributed by atoms with Crippen LogP contribution in [-0.2, 0) is 0 Å². The molecular formula is C13H18FNO. The van der Waals surface area contributed by atoms with E-state index < -0.39 is 0 Å².